The van der Waals surface area contributed by atoms with E-state index in [2.05, 4.69) is 16.0 Å². The first-order valence-electron chi connectivity index (χ1n) is 11.8. The van der Waals surface area contributed by atoms with Gasteiger partial charge in [0.25, 0.3) is 0 Å². The third-order valence-corrected chi connectivity index (χ3v) is 6.78. The molecule has 1 saturated heterocycles. The quantitative estimate of drug-likeness (QED) is 0.405. The lowest BCUT2D eigenvalue weighted by atomic mass is 9.88. The summed E-state index contributed by atoms with van der Waals surface area (Å²) in [6, 6.07) is 22.0. The van der Waals surface area contributed by atoms with E-state index in [1.165, 1.54) is 0 Å². The van der Waals surface area contributed by atoms with Crippen molar-refractivity contribution in [3.63, 3.8) is 0 Å². The van der Waals surface area contributed by atoms with E-state index < -0.39 is 41.8 Å². The van der Waals surface area contributed by atoms with Crippen molar-refractivity contribution in [1.82, 2.24) is 16.0 Å². The van der Waals surface area contributed by atoms with E-state index in [0.29, 0.717) is 6.42 Å². The minimum absolute atomic E-state index is 0.310. The monoisotopic (exact) mass is 482 g/mol. The number of amides is 4. The number of nitrogens with one attached hydrogen (secondary N) is 3. The molecule has 1 fully saturated rings. The maximum absolute atomic E-state index is 13.0. The van der Waals surface area contributed by atoms with E-state index in [0.717, 1.165) is 27.8 Å². The van der Waals surface area contributed by atoms with Gasteiger partial charge in [0.15, 0.2) is 0 Å². The van der Waals surface area contributed by atoms with Gasteiger partial charge in [-0.3, -0.25) is 19.2 Å². The lowest BCUT2D eigenvalue weighted by Gasteiger charge is -2.30. The van der Waals surface area contributed by atoms with E-state index in [1.807, 2.05) is 78.9 Å². The minimum atomic E-state index is -1.04. The van der Waals surface area contributed by atoms with E-state index in [-0.39, 0.29) is 12.3 Å². The number of piperazine rings is 1. The smallest absolute Gasteiger partial charge is 0.243 e. The van der Waals surface area contributed by atoms with Gasteiger partial charge in [-0.25, -0.2) is 0 Å². The van der Waals surface area contributed by atoms with Gasteiger partial charge in [-0.2, -0.15) is 0 Å². The van der Waals surface area contributed by atoms with E-state index in [1.54, 1.807) is 0 Å². The van der Waals surface area contributed by atoms with Gasteiger partial charge in [0.05, 0.1) is 6.42 Å². The van der Waals surface area contributed by atoms with Crippen molar-refractivity contribution in [2.45, 2.75) is 36.9 Å². The van der Waals surface area contributed by atoms with Gasteiger partial charge in [-0.05, 0) is 27.8 Å². The molecule has 1 aliphatic carbocycles. The molecule has 0 radical (unpaired) electrons. The van der Waals surface area contributed by atoms with Crippen LogP contribution in [0.2, 0.25) is 0 Å². The number of carbonyl (C=O) groups is 4. The Morgan fingerprint density at radius 1 is 0.778 bits per heavy atom. The van der Waals surface area contributed by atoms with Crippen molar-refractivity contribution >= 4 is 23.6 Å². The van der Waals surface area contributed by atoms with Crippen LogP contribution in [-0.4, -0.2) is 41.8 Å². The number of fused-ring (bicyclic) bond motifs is 3. The van der Waals surface area contributed by atoms with Crippen LogP contribution in [0.5, 0.6) is 0 Å². The molecule has 0 saturated carbocycles. The van der Waals surface area contributed by atoms with Crippen LogP contribution in [0, 0.1) is 0 Å². The third-order valence-electron chi connectivity index (χ3n) is 6.78. The zero-order chi connectivity index (χ0) is 25.2. The molecule has 36 heavy (non-hydrogen) atoms. The molecule has 0 spiro atoms. The lowest BCUT2D eigenvalue weighted by molar-refractivity contribution is -0.138. The van der Waals surface area contributed by atoms with Crippen LogP contribution >= 0.6 is 0 Å². The summed E-state index contributed by atoms with van der Waals surface area (Å²) in [6.45, 7) is 0. The molecular weight excluding hydrogens is 456 g/mol. The number of carbonyl (C=O) groups excluding carboxylic acids is 4. The van der Waals surface area contributed by atoms with Crippen LogP contribution in [0.15, 0.2) is 78.9 Å². The summed E-state index contributed by atoms with van der Waals surface area (Å²) in [5, 5.41) is 8.08. The molecule has 1 heterocycles. The Balaban J connectivity index is 1.29. The van der Waals surface area contributed by atoms with Crippen LogP contribution in [0.1, 0.15) is 29.0 Å². The molecular formula is C28H26N4O4. The highest BCUT2D eigenvalue weighted by Crippen LogP contribution is 2.46. The van der Waals surface area contributed by atoms with Gasteiger partial charge in [0, 0.05) is 12.3 Å². The van der Waals surface area contributed by atoms with Crippen LogP contribution in [0.3, 0.4) is 0 Å². The Morgan fingerprint density at radius 3 is 1.92 bits per heavy atom. The maximum Gasteiger partial charge on any atom is 0.243 e. The fraction of sp³-hybridized carbons (Fsp3) is 0.214. The Kier molecular flexibility index (Phi) is 6.25. The highest BCUT2D eigenvalue weighted by molar-refractivity contribution is 6.00. The third kappa shape index (κ3) is 4.45. The molecule has 3 aromatic carbocycles. The van der Waals surface area contributed by atoms with Gasteiger partial charge in [0.2, 0.25) is 23.6 Å². The molecule has 1 aliphatic heterocycles. The fourth-order valence-corrected chi connectivity index (χ4v) is 5.10. The summed E-state index contributed by atoms with van der Waals surface area (Å²) in [6.07, 6.45) is 0.0387. The predicted octanol–water partition coefficient (Wildman–Crippen LogP) is 1.39. The number of nitrogens with two attached hydrogens (primary N) is 1. The molecule has 4 amide bonds. The minimum Gasteiger partial charge on any atom is -0.368 e. The second-order valence-corrected chi connectivity index (χ2v) is 9.12. The number of hydrogen-bond donors (Lipinski definition) is 4. The van der Waals surface area contributed by atoms with Gasteiger partial charge < -0.3 is 21.7 Å². The molecule has 3 atom stereocenters. The molecule has 8 nitrogen and oxygen atoms in total. The molecule has 0 bridgehead atoms. The van der Waals surface area contributed by atoms with Gasteiger partial charge >= 0.3 is 0 Å². The van der Waals surface area contributed by atoms with Crippen molar-refractivity contribution in [3.05, 3.63) is 95.6 Å². The first-order valence-corrected chi connectivity index (χ1v) is 11.8. The van der Waals surface area contributed by atoms with Crippen molar-refractivity contribution in [2.24, 2.45) is 5.73 Å². The summed E-state index contributed by atoms with van der Waals surface area (Å²) in [5.41, 5.74) is 10.4. The second-order valence-electron chi connectivity index (χ2n) is 9.12. The summed E-state index contributed by atoms with van der Waals surface area (Å²) < 4.78 is 0. The standard InChI is InChI=1S/C28H26N4O4/c29-26(34)25(24-19-12-6-4-10-17(19)18-11-5-7-13-20(18)24)32-23(33)15-22-28(36)30-21(27(35)31-22)14-16-8-2-1-3-9-16/h1-13,21-22,24-25H,14-15H2,(H2,29,34)(H,30,36)(H,31,35)(H,32,33)/t21-,22-,25-/m0/s1. The zero-order valence-corrected chi connectivity index (χ0v) is 19.4. The number of hydrogen-bond acceptors (Lipinski definition) is 4. The molecule has 8 heteroatoms. The predicted molar refractivity (Wildman–Crippen MR) is 133 cm³/mol. The van der Waals surface area contributed by atoms with Crippen molar-refractivity contribution in [3.8, 4) is 11.1 Å². The van der Waals surface area contributed by atoms with E-state index in [9.17, 15) is 19.2 Å². The van der Waals surface area contributed by atoms with E-state index in [4.69, 9.17) is 5.73 Å². The molecule has 0 unspecified atom stereocenters. The fourth-order valence-electron chi connectivity index (χ4n) is 5.10. The molecule has 2 aliphatic rings. The maximum atomic E-state index is 13.0. The number of benzene rings is 3. The molecule has 182 valence electrons. The van der Waals surface area contributed by atoms with Crippen LogP contribution < -0.4 is 21.7 Å². The second kappa shape index (κ2) is 9.65. The number of primary amides is 1. The summed E-state index contributed by atoms with van der Waals surface area (Å²) in [5.74, 6) is -2.49. The van der Waals surface area contributed by atoms with Gasteiger partial charge in [-0.1, -0.05) is 78.9 Å². The van der Waals surface area contributed by atoms with Gasteiger partial charge in [-0.15, -0.1) is 0 Å². The molecule has 5 N–H and O–H groups in total. The first kappa shape index (κ1) is 23.3. The number of rotatable bonds is 7. The SMILES string of the molecule is NC(=O)[C@@H](NC(=O)C[C@@H]1NC(=O)[C@H](Cc2ccccc2)NC1=O)C1c2ccccc2-c2ccccc21. The largest absolute Gasteiger partial charge is 0.368 e. The molecule has 3 aromatic rings. The Bertz CT molecular complexity index is 1290. The van der Waals surface area contributed by atoms with Crippen molar-refractivity contribution in [2.75, 3.05) is 0 Å². The summed E-state index contributed by atoms with van der Waals surface area (Å²) >= 11 is 0. The van der Waals surface area contributed by atoms with Crippen molar-refractivity contribution < 1.29 is 19.2 Å². The highest BCUT2D eigenvalue weighted by atomic mass is 16.2. The first-order chi connectivity index (χ1) is 17.4. The topological polar surface area (TPSA) is 130 Å². The normalized spacial score (nSPS) is 19.4. The average molecular weight is 483 g/mol. The van der Waals surface area contributed by atoms with Gasteiger partial charge in [0.1, 0.15) is 18.1 Å². The average Bonchev–Trinajstić information content (AvgIpc) is 3.20. The Labute approximate surface area is 208 Å². The Hall–Kier alpha value is -4.46. The van der Waals surface area contributed by atoms with Crippen LogP contribution in [0.4, 0.5) is 0 Å². The highest BCUT2D eigenvalue weighted by Gasteiger charge is 2.39. The molecule has 0 aromatic heterocycles. The Morgan fingerprint density at radius 2 is 1.31 bits per heavy atom. The summed E-state index contributed by atoms with van der Waals surface area (Å²) in [7, 11) is 0. The zero-order valence-electron chi connectivity index (χ0n) is 19.4. The molecule has 5 rings (SSSR count). The van der Waals surface area contributed by atoms with Crippen LogP contribution in [-0.2, 0) is 25.6 Å². The van der Waals surface area contributed by atoms with Crippen molar-refractivity contribution in [1.29, 1.82) is 0 Å². The van der Waals surface area contributed by atoms with E-state index >= 15 is 0 Å². The van der Waals surface area contributed by atoms with Crippen LogP contribution in [0.25, 0.3) is 11.1 Å². The summed E-state index contributed by atoms with van der Waals surface area (Å²) in [4.78, 5) is 50.8. The lowest BCUT2D eigenvalue weighted by Crippen LogP contribution is -2.63.